The Morgan fingerprint density at radius 2 is 2.00 bits per heavy atom. The first-order valence-corrected chi connectivity index (χ1v) is 6.76. The molecule has 1 aromatic heterocycles. The van der Waals surface area contributed by atoms with E-state index in [1.165, 1.54) is 6.07 Å². The minimum Gasteiger partial charge on any atom is -0.293 e. The minimum absolute atomic E-state index is 0.0413. The summed E-state index contributed by atoms with van der Waals surface area (Å²) < 4.78 is 17.4. The molecule has 3 nitrogen and oxygen atoms in total. The van der Waals surface area contributed by atoms with E-state index in [4.69, 9.17) is 0 Å². The molecule has 0 bridgehead atoms. The molecule has 0 spiro atoms. The average Bonchev–Trinajstić information content (AvgIpc) is 2.81. The van der Waals surface area contributed by atoms with E-state index < -0.39 is 0 Å². The van der Waals surface area contributed by atoms with E-state index in [-0.39, 0.29) is 23.4 Å². The molecule has 100 valence electrons. The molecule has 0 atom stereocenters. The summed E-state index contributed by atoms with van der Waals surface area (Å²) in [6, 6.07) is 6.32. The van der Waals surface area contributed by atoms with Crippen LogP contribution in [-0.2, 0) is 11.8 Å². The summed E-state index contributed by atoms with van der Waals surface area (Å²) in [6.07, 6.45) is 0.0413. The predicted octanol–water partition coefficient (Wildman–Crippen LogP) is 3.40. The summed E-state index contributed by atoms with van der Waals surface area (Å²) in [5.74, 6) is -0.490. The Morgan fingerprint density at radius 1 is 1.32 bits per heavy atom. The van der Waals surface area contributed by atoms with Gasteiger partial charge in [-0.1, -0.05) is 43.5 Å². The lowest BCUT2D eigenvalue weighted by molar-refractivity contribution is 0.0993. The van der Waals surface area contributed by atoms with Crippen molar-refractivity contribution in [3.05, 3.63) is 46.2 Å². The van der Waals surface area contributed by atoms with Crippen LogP contribution in [0.15, 0.2) is 24.3 Å². The number of hydrogen-bond donors (Lipinski definition) is 0. The lowest BCUT2D eigenvalue weighted by atomic mass is 9.90. The summed E-state index contributed by atoms with van der Waals surface area (Å²) in [5, 5.41) is 4.03. The second-order valence-corrected chi connectivity index (χ2v) is 6.15. The first-order valence-electron chi connectivity index (χ1n) is 5.99. The van der Waals surface area contributed by atoms with Gasteiger partial charge in [0, 0.05) is 11.8 Å². The van der Waals surface area contributed by atoms with Gasteiger partial charge in [0.2, 0.25) is 0 Å². The van der Waals surface area contributed by atoms with Crippen LogP contribution in [0.4, 0.5) is 4.39 Å². The molecule has 1 aromatic carbocycles. The first kappa shape index (κ1) is 13.8. The molecule has 1 heterocycles. The number of ketones is 1. The van der Waals surface area contributed by atoms with Gasteiger partial charge in [-0.3, -0.25) is 4.79 Å². The van der Waals surface area contributed by atoms with Gasteiger partial charge in [-0.15, -0.1) is 5.10 Å². The van der Waals surface area contributed by atoms with Crippen LogP contribution in [0.25, 0.3) is 0 Å². The molecule has 0 fully saturated rings. The summed E-state index contributed by atoms with van der Waals surface area (Å²) in [5.41, 5.74) is 0.840. The predicted molar refractivity (Wildman–Crippen MR) is 73.0 cm³/mol. The molecule has 0 aliphatic heterocycles. The van der Waals surface area contributed by atoms with Crippen molar-refractivity contribution in [1.29, 1.82) is 0 Å². The molecule has 0 amide bonds. The zero-order chi connectivity index (χ0) is 14.0. The number of carbonyl (C=O) groups excluding carboxylic acids is 1. The Bertz CT molecular complexity index is 601. The Balaban J connectivity index is 2.27. The third kappa shape index (κ3) is 3.04. The maximum Gasteiger partial charge on any atom is 0.180 e. The second-order valence-electron chi connectivity index (χ2n) is 5.39. The highest BCUT2D eigenvalue weighted by Crippen LogP contribution is 2.27. The van der Waals surface area contributed by atoms with Crippen molar-refractivity contribution in [3.63, 3.8) is 0 Å². The SMILES string of the molecule is CC(C)(C)c1nnsc1C(=O)Cc1ccccc1F. The quantitative estimate of drug-likeness (QED) is 0.808. The van der Waals surface area contributed by atoms with Gasteiger partial charge in [0.1, 0.15) is 10.7 Å². The maximum absolute atomic E-state index is 13.5. The van der Waals surface area contributed by atoms with Gasteiger partial charge < -0.3 is 0 Å². The molecule has 0 unspecified atom stereocenters. The molecule has 0 saturated carbocycles. The fourth-order valence-electron chi connectivity index (χ4n) is 1.76. The lowest BCUT2D eigenvalue weighted by Gasteiger charge is -2.15. The van der Waals surface area contributed by atoms with Crippen molar-refractivity contribution in [2.24, 2.45) is 0 Å². The first-order chi connectivity index (χ1) is 8.89. The van der Waals surface area contributed by atoms with Gasteiger partial charge in [-0.2, -0.15) is 0 Å². The van der Waals surface area contributed by atoms with E-state index in [0.29, 0.717) is 16.1 Å². The largest absolute Gasteiger partial charge is 0.293 e. The van der Waals surface area contributed by atoms with Crippen LogP contribution in [0.5, 0.6) is 0 Å². The zero-order valence-electron chi connectivity index (χ0n) is 11.1. The Morgan fingerprint density at radius 3 is 2.63 bits per heavy atom. The fourth-order valence-corrected chi connectivity index (χ4v) is 2.57. The van der Waals surface area contributed by atoms with Crippen LogP contribution >= 0.6 is 11.5 Å². The number of nitrogens with zero attached hydrogens (tertiary/aromatic N) is 2. The number of Topliss-reactive ketones (excluding diaryl/α,β-unsaturated/α-hetero) is 1. The van der Waals surface area contributed by atoms with E-state index in [9.17, 15) is 9.18 Å². The highest BCUT2D eigenvalue weighted by atomic mass is 32.1. The highest BCUT2D eigenvalue weighted by Gasteiger charge is 2.26. The summed E-state index contributed by atoms with van der Waals surface area (Å²) >= 11 is 1.08. The molecule has 2 aromatic rings. The summed E-state index contributed by atoms with van der Waals surface area (Å²) in [7, 11) is 0. The molecule has 5 heteroatoms. The molecule has 0 aliphatic rings. The van der Waals surface area contributed by atoms with E-state index in [2.05, 4.69) is 9.59 Å². The van der Waals surface area contributed by atoms with Crippen molar-refractivity contribution >= 4 is 17.3 Å². The summed E-state index contributed by atoms with van der Waals surface area (Å²) in [4.78, 5) is 12.8. The maximum atomic E-state index is 13.5. The smallest absolute Gasteiger partial charge is 0.180 e. The van der Waals surface area contributed by atoms with Crippen LogP contribution in [0, 0.1) is 5.82 Å². The zero-order valence-corrected chi connectivity index (χ0v) is 11.9. The van der Waals surface area contributed by atoms with Gasteiger partial charge >= 0.3 is 0 Å². The topological polar surface area (TPSA) is 42.9 Å². The number of rotatable bonds is 3. The third-order valence-corrected chi connectivity index (χ3v) is 3.53. The third-order valence-electron chi connectivity index (χ3n) is 2.76. The summed E-state index contributed by atoms with van der Waals surface area (Å²) in [6.45, 7) is 5.93. The number of benzene rings is 1. The fraction of sp³-hybridized carbons (Fsp3) is 0.357. The number of halogens is 1. The Labute approximate surface area is 115 Å². The minimum atomic E-state index is -0.356. The van der Waals surface area contributed by atoms with Crippen molar-refractivity contribution in [2.75, 3.05) is 0 Å². The molecule has 0 radical (unpaired) electrons. The lowest BCUT2D eigenvalue weighted by Crippen LogP contribution is -2.17. The van der Waals surface area contributed by atoms with Crippen LogP contribution in [0.3, 0.4) is 0 Å². The molecule has 0 aliphatic carbocycles. The highest BCUT2D eigenvalue weighted by molar-refractivity contribution is 7.08. The standard InChI is InChI=1S/C14H15FN2OS/c1-14(2,3)13-12(19-17-16-13)11(18)8-9-6-4-5-7-10(9)15/h4-7H,8H2,1-3H3. The van der Waals surface area contributed by atoms with Gasteiger partial charge in [-0.05, 0) is 23.2 Å². The van der Waals surface area contributed by atoms with Crippen molar-refractivity contribution in [2.45, 2.75) is 32.6 Å². The number of carbonyl (C=O) groups is 1. The van der Waals surface area contributed by atoms with Crippen LogP contribution in [-0.4, -0.2) is 15.4 Å². The number of aromatic nitrogens is 2. The van der Waals surface area contributed by atoms with E-state index >= 15 is 0 Å². The van der Waals surface area contributed by atoms with E-state index in [1.807, 2.05) is 20.8 Å². The van der Waals surface area contributed by atoms with E-state index in [0.717, 1.165) is 11.5 Å². The van der Waals surface area contributed by atoms with Crippen molar-refractivity contribution in [1.82, 2.24) is 9.59 Å². The molecule has 0 saturated heterocycles. The van der Waals surface area contributed by atoms with E-state index in [1.54, 1.807) is 18.2 Å². The molecular formula is C14H15FN2OS. The molecular weight excluding hydrogens is 263 g/mol. The Kier molecular flexibility index (Phi) is 3.75. The second kappa shape index (κ2) is 5.17. The number of hydrogen-bond acceptors (Lipinski definition) is 4. The van der Waals surface area contributed by atoms with Crippen molar-refractivity contribution in [3.8, 4) is 0 Å². The normalized spacial score (nSPS) is 11.6. The van der Waals surface area contributed by atoms with Gasteiger partial charge in [0.25, 0.3) is 0 Å². The van der Waals surface area contributed by atoms with Crippen molar-refractivity contribution < 1.29 is 9.18 Å². The van der Waals surface area contributed by atoms with Gasteiger partial charge in [0.15, 0.2) is 5.78 Å². The van der Waals surface area contributed by atoms with Gasteiger partial charge in [0.05, 0.1) is 5.69 Å². The molecule has 2 rings (SSSR count). The van der Waals surface area contributed by atoms with Crippen LogP contribution in [0.2, 0.25) is 0 Å². The van der Waals surface area contributed by atoms with Crippen LogP contribution < -0.4 is 0 Å². The molecule has 0 N–H and O–H groups in total. The van der Waals surface area contributed by atoms with Gasteiger partial charge in [-0.25, -0.2) is 4.39 Å². The monoisotopic (exact) mass is 278 g/mol. The average molecular weight is 278 g/mol. The Hall–Kier alpha value is -1.62. The van der Waals surface area contributed by atoms with Crippen LogP contribution in [0.1, 0.15) is 41.7 Å². The molecule has 19 heavy (non-hydrogen) atoms.